The summed E-state index contributed by atoms with van der Waals surface area (Å²) in [5.41, 5.74) is 11.7. The van der Waals surface area contributed by atoms with Crippen LogP contribution in [0.25, 0.3) is 0 Å². The van der Waals surface area contributed by atoms with E-state index in [0.717, 1.165) is 11.3 Å². The standard InChI is InChI=1S/C21H18F4N4O3S/c1-10(19(27)31)29(13-6-2-12(3-7-13)17(22)23)21-28-18(26)16(33-21)15(30)11-4-8-14(9-5-11)32-20(24)25/h2-10,17,20H,26H2,1H3,(H2,27,31)/t10-/m1/s1. The first-order valence-electron chi connectivity index (χ1n) is 9.41. The number of nitrogens with two attached hydrogens (primary N) is 2. The summed E-state index contributed by atoms with van der Waals surface area (Å²) >= 11 is 0.870. The lowest BCUT2D eigenvalue weighted by Gasteiger charge is -2.26. The van der Waals surface area contributed by atoms with Gasteiger partial charge in [0.1, 0.15) is 22.5 Å². The molecule has 0 aliphatic rings. The normalized spacial score (nSPS) is 12.1. The van der Waals surface area contributed by atoms with Crippen LogP contribution in [0.4, 0.5) is 34.2 Å². The zero-order chi connectivity index (χ0) is 24.3. The smallest absolute Gasteiger partial charge is 0.387 e. The number of halogens is 4. The molecular weight excluding hydrogens is 464 g/mol. The Balaban J connectivity index is 1.95. The summed E-state index contributed by atoms with van der Waals surface area (Å²) in [6.07, 6.45) is -2.67. The van der Waals surface area contributed by atoms with Gasteiger partial charge in [-0.05, 0) is 43.3 Å². The Bertz CT molecular complexity index is 1140. The number of alkyl halides is 4. The second-order valence-electron chi connectivity index (χ2n) is 6.78. The molecule has 4 N–H and O–H groups in total. The average Bonchev–Trinajstić information content (AvgIpc) is 3.14. The molecule has 0 saturated heterocycles. The van der Waals surface area contributed by atoms with Crippen LogP contribution < -0.4 is 21.1 Å². The van der Waals surface area contributed by atoms with Crippen molar-refractivity contribution in [3.63, 3.8) is 0 Å². The highest BCUT2D eigenvalue weighted by Gasteiger charge is 2.27. The van der Waals surface area contributed by atoms with Crippen molar-refractivity contribution in [2.75, 3.05) is 10.6 Å². The number of primary amides is 1. The predicted molar refractivity (Wildman–Crippen MR) is 115 cm³/mol. The summed E-state index contributed by atoms with van der Waals surface area (Å²) in [6, 6.07) is 9.23. The number of ether oxygens (including phenoxy) is 1. The highest BCUT2D eigenvalue weighted by Crippen LogP contribution is 2.36. The molecule has 3 rings (SSSR count). The van der Waals surface area contributed by atoms with Crippen LogP contribution in [0.15, 0.2) is 48.5 Å². The van der Waals surface area contributed by atoms with Crippen LogP contribution in [0, 0.1) is 0 Å². The summed E-state index contributed by atoms with van der Waals surface area (Å²) < 4.78 is 54.7. The third kappa shape index (κ3) is 5.40. The molecule has 3 aromatic rings. The number of carbonyl (C=O) groups is 2. The van der Waals surface area contributed by atoms with Gasteiger partial charge in [-0.25, -0.2) is 13.8 Å². The van der Waals surface area contributed by atoms with Crippen molar-refractivity contribution < 1.29 is 31.9 Å². The van der Waals surface area contributed by atoms with Gasteiger partial charge in [-0.15, -0.1) is 0 Å². The lowest BCUT2D eigenvalue weighted by Crippen LogP contribution is -2.39. The minimum atomic E-state index is -3.00. The maximum Gasteiger partial charge on any atom is 0.387 e. The van der Waals surface area contributed by atoms with Gasteiger partial charge in [0.15, 0.2) is 5.13 Å². The monoisotopic (exact) mass is 482 g/mol. The summed E-state index contributed by atoms with van der Waals surface area (Å²) in [5, 5.41) is 0.143. The SMILES string of the molecule is C[C@H](C(N)=O)N(c1ccc(C(F)F)cc1)c1nc(N)c(C(=O)c2ccc(OC(F)F)cc2)s1. The molecule has 0 saturated carbocycles. The van der Waals surface area contributed by atoms with Gasteiger partial charge in [0.2, 0.25) is 11.7 Å². The molecule has 12 heteroatoms. The van der Waals surface area contributed by atoms with E-state index in [1.807, 2.05) is 0 Å². The van der Waals surface area contributed by atoms with E-state index in [1.165, 1.54) is 60.4 Å². The summed E-state index contributed by atoms with van der Waals surface area (Å²) in [5.74, 6) is -1.49. The molecule has 0 bridgehead atoms. The minimum Gasteiger partial charge on any atom is -0.435 e. The van der Waals surface area contributed by atoms with E-state index in [9.17, 15) is 27.2 Å². The Morgan fingerprint density at radius 1 is 1.03 bits per heavy atom. The number of carbonyl (C=O) groups excluding carboxylic acids is 2. The molecule has 33 heavy (non-hydrogen) atoms. The first-order valence-corrected chi connectivity index (χ1v) is 10.2. The van der Waals surface area contributed by atoms with E-state index in [0.29, 0.717) is 5.69 Å². The van der Waals surface area contributed by atoms with E-state index in [-0.39, 0.29) is 32.7 Å². The van der Waals surface area contributed by atoms with Gasteiger partial charge in [0, 0.05) is 16.8 Å². The number of nitrogen functional groups attached to an aromatic ring is 1. The second-order valence-corrected chi connectivity index (χ2v) is 7.76. The number of benzene rings is 2. The van der Waals surface area contributed by atoms with E-state index in [2.05, 4.69) is 9.72 Å². The van der Waals surface area contributed by atoms with Crippen LogP contribution >= 0.6 is 11.3 Å². The van der Waals surface area contributed by atoms with Gasteiger partial charge >= 0.3 is 6.61 Å². The van der Waals surface area contributed by atoms with Crippen molar-refractivity contribution in [2.45, 2.75) is 26.0 Å². The quantitative estimate of drug-likeness (QED) is 0.343. The van der Waals surface area contributed by atoms with Crippen molar-refractivity contribution in [3.8, 4) is 5.75 Å². The second kappa shape index (κ2) is 9.86. The molecule has 1 aromatic heterocycles. The number of amides is 1. The van der Waals surface area contributed by atoms with Crippen LogP contribution in [0.3, 0.4) is 0 Å². The van der Waals surface area contributed by atoms with E-state index in [4.69, 9.17) is 11.5 Å². The molecule has 0 unspecified atom stereocenters. The largest absolute Gasteiger partial charge is 0.435 e. The van der Waals surface area contributed by atoms with Crippen LogP contribution in [-0.2, 0) is 4.79 Å². The predicted octanol–water partition coefficient (Wildman–Crippen LogP) is 4.51. The highest BCUT2D eigenvalue weighted by molar-refractivity contribution is 7.18. The molecule has 1 heterocycles. The number of thiazole rings is 1. The number of ketones is 1. The number of nitrogens with zero attached hydrogens (tertiary/aromatic N) is 2. The summed E-state index contributed by atoms with van der Waals surface area (Å²) in [6.45, 7) is -1.51. The number of hydrogen-bond acceptors (Lipinski definition) is 7. The lowest BCUT2D eigenvalue weighted by molar-refractivity contribution is -0.118. The number of hydrogen-bond donors (Lipinski definition) is 2. The Morgan fingerprint density at radius 3 is 2.15 bits per heavy atom. The van der Waals surface area contributed by atoms with Gasteiger partial charge in [-0.1, -0.05) is 23.5 Å². The van der Waals surface area contributed by atoms with Gasteiger partial charge in [-0.2, -0.15) is 8.78 Å². The van der Waals surface area contributed by atoms with Crippen molar-refractivity contribution in [3.05, 3.63) is 64.5 Å². The van der Waals surface area contributed by atoms with Crippen LogP contribution in [0.5, 0.6) is 5.75 Å². The fourth-order valence-electron chi connectivity index (χ4n) is 2.91. The summed E-state index contributed by atoms with van der Waals surface area (Å²) in [7, 11) is 0. The maximum atomic E-state index is 12.9. The van der Waals surface area contributed by atoms with Crippen molar-refractivity contribution in [1.29, 1.82) is 0 Å². The fraction of sp³-hybridized carbons (Fsp3) is 0.190. The topological polar surface area (TPSA) is 112 Å². The molecule has 0 radical (unpaired) electrons. The summed E-state index contributed by atoms with van der Waals surface area (Å²) in [4.78, 5) is 30.4. The molecular formula is C21H18F4N4O3S. The van der Waals surface area contributed by atoms with Crippen molar-refractivity contribution >= 4 is 39.7 Å². The van der Waals surface area contributed by atoms with Gasteiger partial charge in [-0.3, -0.25) is 9.59 Å². The van der Waals surface area contributed by atoms with Crippen LogP contribution in [-0.4, -0.2) is 29.3 Å². The van der Waals surface area contributed by atoms with Gasteiger partial charge in [0.05, 0.1) is 0 Å². The third-order valence-electron chi connectivity index (χ3n) is 4.62. The molecule has 1 amide bonds. The zero-order valence-electron chi connectivity index (χ0n) is 17.0. The Hall–Kier alpha value is -3.67. The Labute approximate surface area is 189 Å². The molecule has 0 aliphatic heterocycles. The molecule has 2 aromatic carbocycles. The molecule has 174 valence electrons. The first kappa shape index (κ1) is 24.0. The minimum absolute atomic E-state index is 0.0402. The van der Waals surface area contributed by atoms with Crippen LogP contribution in [0.1, 0.15) is 34.1 Å². The van der Waals surface area contributed by atoms with E-state index < -0.39 is 30.8 Å². The highest BCUT2D eigenvalue weighted by atomic mass is 32.1. The lowest BCUT2D eigenvalue weighted by atomic mass is 10.1. The molecule has 0 fully saturated rings. The van der Waals surface area contributed by atoms with Gasteiger partial charge < -0.3 is 21.1 Å². The number of rotatable bonds is 9. The average molecular weight is 482 g/mol. The number of anilines is 3. The van der Waals surface area contributed by atoms with Crippen molar-refractivity contribution in [2.24, 2.45) is 5.73 Å². The van der Waals surface area contributed by atoms with E-state index >= 15 is 0 Å². The Kier molecular flexibility index (Phi) is 7.16. The molecule has 1 atom stereocenters. The maximum absolute atomic E-state index is 12.9. The molecule has 0 aliphatic carbocycles. The fourth-order valence-corrected chi connectivity index (χ4v) is 3.96. The van der Waals surface area contributed by atoms with Crippen LogP contribution in [0.2, 0.25) is 0 Å². The zero-order valence-corrected chi connectivity index (χ0v) is 17.9. The Morgan fingerprint density at radius 2 is 1.64 bits per heavy atom. The number of aromatic nitrogens is 1. The van der Waals surface area contributed by atoms with E-state index in [1.54, 1.807) is 0 Å². The first-order chi connectivity index (χ1) is 15.6. The van der Waals surface area contributed by atoms with Gasteiger partial charge in [0.25, 0.3) is 6.43 Å². The molecule has 0 spiro atoms. The third-order valence-corrected chi connectivity index (χ3v) is 5.69. The van der Waals surface area contributed by atoms with Crippen molar-refractivity contribution in [1.82, 2.24) is 4.98 Å². The molecule has 7 nitrogen and oxygen atoms in total.